The highest BCUT2D eigenvalue weighted by molar-refractivity contribution is 5.17. The van der Waals surface area contributed by atoms with E-state index in [1.54, 1.807) is 0 Å². The highest BCUT2D eigenvalue weighted by Crippen LogP contribution is 2.19. The van der Waals surface area contributed by atoms with Gasteiger partial charge in [0, 0.05) is 6.42 Å². The average molecular weight is 190 g/mol. The van der Waals surface area contributed by atoms with E-state index in [0.717, 1.165) is 6.07 Å². The Labute approximate surface area is 73.8 Å². The van der Waals surface area contributed by atoms with Crippen LogP contribution in [0, 0.1) is 5.82 Å². The van der Waals surface area contributed by atoms with Crippen molar-refractivity contribution in [2.75, 3.05) is 6.61 Å². The molecule has 0 bridgehead atoms. The summed E-state index contributed by atoms with van der Waals surface area (Å²) in [5, 5.41) is 8.28. The second-order valence-corrected chi connectivity index (χ2v) is 2.82. The predicted octanol–water partition coefficient (Wildman–Crippen LogP) is 2.00. The molecule has 0 aliphatic carbocycles. The Hall–Kier alpha value is -1.03. The van der Waals surface area contributed by atoms with Gasteiger partial charge in [-0.25, -0.2) is 13.2 Å². The fraction of sp³-hybridized carbons (Fsp3) is 0.333. The van der Waals surface area contributed by atoms with E-state index in [2.05, 4.69) is 0 Å². The second-order valence-electron chi connectivity index (χ2n) is 2.82. The molecule has 0 heterocycles. The number of alkyl halides is 2. The van der Waals surface area contributed by atoms with Crippen molar-refractivity contribution in [1.29, 1.82) is 0 Å². The first-order chi connectivity index (χ1) is 6.03. The van der Waals surface area contributed by atoms with Gasteiger partial charge in [0.05, 0.1) is 0 Å². The third kappa shape index (κ3) is 3.06. The molecule has 0 fully saturated rings. The van der Waals surface area contributed by atoms with Crippen LogP contribution in [0.2, 0.25) is 0 Å². The van der Waals surface area contributed by atoms with E-state index in [0.29, 0.717) is 0 Å². The van der Waals surface area contributed by atoms with Crippen LogP contribution < -0.4 is 0 Å². The van der Waals surface area contributed by atoms with E-state index in [4.69, 9.17) is 5.11 Å². The lowest BCUT2D eigenvalue weighted by atomic mass is 10.1. The molecule has 1 aromatic rings. The molecule has 1 rings (SSSR count). The van der Waals surface area contributed by atoms with Gasteiger partial charge in [-0.1, -0.05) is 12.1 Å². The molecule has 0 amide bonds. The maximum absolute atomic E-state index is 12.6. The van der Waals surface area contributed by atoms with Crippen molar-refractivity contribution >= 4 is 0 Å². The Morgan fingerprint density at radius 2 is 2.00 bits per heavy atom. The van der Waals surface area contributed by atoms with Crippen molar-refractivity contribution < 1.29 is 18.3 Å². The SMILES string of the molecule is OCC(F)(F)Cc1cccc(F)c1. The highest BCUT2D eigenvalue weighted by Gasteiger charge is 2.27. The molecule has 1 aromatic carbocycles. The fourth-order valence-electron chi connectivity index (χ4n) is 1.00. The van der Waals surface area contributed by atoms with Gasteiger partial charge in [-0.05, 0) is 17.7 Å². The summed E-state index contributed by atoms with van der Waals surface area (Å²) in [6, 6.07) is 4.97. The first-order valence-electron chi connectivity index (χ1n) is 3.77. The number of halogens is 3. The van der Waals surface area contributed by atoms with E-state index in [9.17, 15) is 13.2 Å². The molecule has 4 heteroatoms. The Balaban J connectivity index is 2.74. The molecule has 0 spiro atoms. The molecule has 0 aliphatic rings. The second kappa shape index (κ2) is 3.79. The molecular weight excluding hydrogens is 181 g/mol. The minimum Gasteiger partial charge on any atom is -0.390 e. The largest absolute Gasteiger partial charge is 0.390 e. The van der Waals surface area contributed by atoms with Crippen molar-refractivity contribution in [3.8, 4) is 0 Å². The summed E-state index contributed by atoms with van der Waals surface area (Å²) in [7, 11) is 0. The summed E-state index contributed by atoms with van der Waals surface area (Å²) in [6.45, 7) is -1.22. The minimum absolute atomic E-state index is 0.180. The number of rotatable bonds is 3. The van der Waals surface area contributed by atoms with Gasteiger partial charge in [0.25, 0.3) is 5.92 Å². The standard InChI is InChI=1S/C9H9F3O/c10-8-3-1-2-7(4-8)5-9(11,12)6-13/h1-4,13H,5-6H2. The lowest BCUT2D eigenvalue weighted by Crippen LogP contribution is -2.24. The van der Waals surface area contributed by atoms with Gasteiger partial charge in [0.1, 0.15) is 12.4 Å². The molecule has 0 aromatic heterocycles. The summed E-state index contributed by atoms with van der Waals surface area (Å²) in [6.07, 6.45) is -0.638. The Morgan fingerprint density at radius 3 is 2.54 bits per heavy atom. The zero-order valence-corrected chi connectivity index (χ0v) is 6.80. The van der Waals surface area contributed by atoms with Crippen molar-refractivity contribution in [2.45, 2.75) is 12.3 Å². The van der Waals surface area contributed by atoms with Gasteiger partial charge in [0.2, 0.25) is 0 Å². The maximum Gasteiger partial charge on any atom is 0.274 e. The van der Waals surface area contributed by atoms with Crippen LogP contribution >= 0.6 is 0 Å². The summed E-state index contributed by atoms with van der Waals surface area (Å²) in [5.74, 6) is -3.72. The molecule has 0 unspecified atom stereocenters. The predicted molar refractivity (Wildman–Crippen MR) is 42.1 cm³/mol. The van der Waals surface area contributed by atoms with Crippen LogP contribution in [0.3, 0.4) is 0 Å². The molecule has 1 N–H and O–H groups in total. The molecular formula is C9H9F3O. The molecule has 0 saturated heterocycles. The number of aliphatic hydroxyl groups is 1. The van der Waals surface area contributed by atoms with E-state index < -0.39 is 24.8 Å². The summed E-state index contributed by atoms with van der Waals surface area (Å²) in [5.41, 5.74) is 0.180. The van der Waals surface area contributed by atoms with Crippen LogP contribution in [0.15, 0.2) is 24.3 Å². The van der Waals surface area contributed by atoms with Gasteiger partial charge >= 0.3 is 0 Å². The lowest BCUT2D eigenvalue weighted by molar-refractivity contribution is -0.0488. The Morgan fingerprint density at radius 1 is 1.31 bits per heavy atom. The maximum atomic E-state index is 12.6. The number of aliphatic hydroxyl groups excluding tert-OH is 1. The van der Waals surface area contributed by atoms with E-state index in [1.807, 2.05) is 0 Å². The van der Waals surface area contributed by atoms with Gasteiger partial charge in [-0.2, -0.15) is 0 Å². The smallest absolute Gasteiger partial charge is 0.274 e. The molecule has 0 aliphatic heterocycles. The van der Waals surface area contributed by atoms with Gasteiger partial charge in [0.15, 0.2) is 0 Å². The van der Waals surface area contributed by atoms with Crippen LogP contribution in [-0.4, -0.2) is 17.6 Å². The molecule has 72 valence electrons. The zero-order chi connectivity index (χ0) is 9.90. The van der Waals surface area contributed by atoms with E-state index in [-0.39, 0.29) is 5.56 Å². The Kier molecular flexibility index (Phi) is 2.93. The van der Waals surface area contributed by atoms with Crippen molar-refractivity contribution in [3.05, 3.63) is 35.6 Å². The molecule has 13 heavy (non-hydrogen) atoms. The molecule has 0 radical (unpaired) electrons. The monoisotopic (exact) mass is 190 g/mol. The van der Waals surface area contributed by atoms with Crippen LogP contribution in [0.4, 0.5) is 13.2 Å². The summed E-state index contributed by atoms with van der Waals surface area (Å²) in [4.78, 5) is 0. The van der Waals surface area contributed by atoms with E-state index >= 15 is 0 Å². The van der Waals surface area contributed by atoms with Crippen LogP contribution in [0.5, 0.6) is 0 Å². The number of hydrogen-bond acceptors (Lipinski definition) is 1. The molecule has 0 atom stereocenters. The normalized spacial score (nSPS) is 11.7. The van der Waals surface area contributed by atoms with Crippen molar-refractivity contribution in [3.63, 3.8) is 0 Å². The number of benzene rings is 1. The average Bonchev–Trinajstić information content (AvgIpc) is 2.03. The lowest BCUT2D eigenvalue weighted by Gasteiger charge is -2.12. The minimum atomic E-state index is -3.17. The van der Waals surface area contributed by atoms with Gasteiger partial charge in [-0.3, -0.25) is 0 Å². The third-order valence-electron chi connectivity index (χ3n) is 1.58. The topological polar surface area (TPSA) is 20.2 Å². The highest BCUT2D eigenvalue weighted by atomic mass is 19.3. The Bertz CT molecular complexity index is 286. The van der Waals surface area contributed by atoms with Gasteiger partial charge in [-0.15, -0.1) is 0 Å². The quantitative estimate of drug-likeness (QED) is 0.772. The first kappa shape index (κ1) is 10.1. The van der Waals surface area contributed by atoms with Crippen molar-refractivity contribution in [1.82, 2.24) is 0 Å². The van der Waals surface area contributed by atoms with Gasteiger partial charge < -0.3 is 5.11 Å². The van der Waals surface area contributed by atoms with Crippen LogP contribution in [-0.2, 0) is 6.42 Å². The van der Waals surface area contributed by atoms with E-state index in [1.165, 1.54) is 18.2 Å². The number of hydrogen-bond donors (Lipinski definition) is 1. The van der Waals surface area contributed by atoms with Crippen LogP contribution in [0.1, 0.15) is 5.56 Å². The van der Waals surface area contributed by atoms with Crippen molar-refractivity contribution in [2.24, 2.45) is 0 Å². The third-order valence-corrected chi connectivity index (χ3v) is 1.58. The molecule has 0 saturated carbocycles. The summed E-state index contributed by atoms with van der Waals surface area (Å²) < 4.78 is 37.7. The first-order valence-corrected chi connectivity index (χ1v) is 3.77. The fourth-order valence-corrected chi connectivity index (χ4v) is 1.00. The zero-order valence-electron chi connectivity index (χ0n) is 6.80. The van der Waals surface area contributed by atoms with Crippen LogP contribution in [0.25, 0.3) is 0 Å². The molecule has 1 nitrogen and oxygen atoms in total. The summed E-state index contributed by atoms with van der Waals surface area (Å²) >= 11 is 0.